The minimum atomic E-state index is -0.512. The van der Waals surface area contributed by atoms with E-state index in [4.69, 9.17) is 9.72 Å². The van der Waals surface area contributed by atoms with Crippen molar-refractivity contribution in [3.8, 4) is 5.75 Å². The second-order valence-electron chi connectivity index (χ2n) is 7.12. The SMILES string of the molecule is CCNC(=O)COC(=O)c1c2c(nc3ccccc13)/C(=C/c1ccc(O)cc1)CC2. The van der Waals surface area contributed by atoms with Crippen LogP contribution in [-0.4, -0.2) is 35.1 Å². The fourth-order valence-corrected chi connectivity index (χ4v) is 3.74. The Morgan fingerprint density at radius 1 is 1.13 bits per heavy atom. The van der Waals surface area contributed by atoms with Crippen LogP contribution in [0.4, 0.5) is 0 Å². The Morgan fingerprint density at radius 3 is 2.67 bits per heavy atom. The third kappa shape index (κ3) is 3.89. The lowest BCUT2D eigenvalue weighted by Gasteiger charge is -2.12. The maximum absolute atomic E-state index is 13.0. The van der Waals surface area contributed by atoms with Gasteiger partial charge in [-0.25, -0.2) is 9.78 Å². The molecule has 1 amide bonds. The van der Waals surface area contributed by atoms with Gasteiger partial charge in [-0.05, 0) is 60.7 Å². The lowest BCUT2D eigenvalue weighted by atomic mass is 10.0. The topological polar surface area (TPSA) is 88.5 Å². The highest BCUT2D eigenvalue weighted by atomic mass is 16.5. The molecule has 3 aromatic rings. The number of para-hydroxylation sites is 1. The van der Waals surface area contributed by atoms with Crippen LogP contribution in [0.1, 0.15) is 40.5 Å². The van der Waals surface area contributed by atoms with E-state index in [0.717, 1.165) is 34.2 Å². The second kappa shape index (κ2) is 8.37. The molecule has 6 heteroatoms. The lowest BCUT2D eigenvalue weighted by Crippen LogP contribution is -2.28. The molecule has 0 spiro atoms. The van der Waals surface area contributed by atoms with Crippen molar-refractivity contribution >= 4 is 34.4 Å². The molecule has 1 aliphatic rings. The number of fused-ring (bicyclic) bond motifs is 2. The molecule has 30 heavy (non-hydrogen) atoms. The first-order chi connectivity index (χ1) is 14.6. The smallest absolute Gasteiger partial charge is 0.339 e. The summed E-state index contributed by atoms with van der Waals surface area (Å²) in [4.78, 5) is 29.5. The normalized spacial score (nSPS) is 14.0. The molecule has 2 aromatic carbocycles. The van der Waals surface area contributed by atoms with Crippen LogP contribution in [0.5, 0.6) is 5.75 Å². The standard InChI is InChI=1S/C24H22N2O4/c1-2-25-21(28)14-30-24(29)22-18-5-3-4-6-20(18)26-23-16(9-12-19(22)23)13-15-7-10-17(27)11-8-15/h3-8,10-11,13,27H,2,9,12,14H2,1H3,(H,25,28)/b16-13+. The van der Waals surface area contributed by atoms with Crippen molar-refractivity contribution in [3.63, 3.8) is 0 Å². The number of likely N-dealkylation sites (N-methyl/N-ethyl adjacent to an activating group) is 1. The van der Waals surface area contributed by atoms with E-state index >= 15 is 0 Å². The Labute approximate surface area is 174 Å². The van der Waals surface area contributed by atoms with Crippen LogP contribution in [-0.2, 0) is 16.0 Å². The number of rotatable bonds is 5. The molecule has 0 fully saturated rings. The molecule has 0 saturated heterocycles. The fourth-order valence-electron chi connectivity index (χ4n) is 3.74. The fraction of sp³-hybridized carbons (Fsp3) is 0.208. The molecule has 0 bridgehead atoms. The van der Waals surface area contributed by atoms with Crippen molar-refractivity contribution in [2.45, 2.75) is 19.8 Å². The molecular weight excluding hydrogens is 380 g/mol. The zero-order chi connectivity index (χ0) is 21.1. The number of aromatic nitrogens is 1. The summed E-state index contributed by atoms with van der Waals surface area (Å²) in [5.74, 6) is -0.624. The molecule has 2 N–H and O–H groups in total. The number of hydrogen-bond acceptors (Lipinski definition) is 5. The average molecular weight is 402 g/mol. The van der Waals surface area contributed by atoms with Gasteiger partial charge in [0.2, 0.25) is 0 Å². The van der Waals surface area contributed by atoms with Crippen LogP contribution >= 0.6 is 0 Å². The van der Waals surface area contributed by atoms with Gasteiger partial charge < -0.3 is 15.2 Å². The van der Waals surface area contributed by atoms with E-state index in [1.165, 1.54) is 0 Å². The van der Waals surface area contributed by atoms with Gasteiger partial charge in [-0.3, -0.25) is 4.79 Å². The molecule has 0 radical (unpaired) electrons. The predicted octanol–water partition coefficient (Wildman–Crippen LogP) is 3.72. The number of allylic oxidation sites excluding steroid dienone is 1. The number of amides is 1. The van der Waals surface area contributed by atoms with Crippen LogP contribution in [0.25, 0.3) is 22.6 Å². The summed E-state index contributed by atoms with van der Waals surface area (Å²) in [6, 6.07) is 14.4. The summed E-state index contributed by atoms with van der Waals surface area (Å²) >= 11 is 0. The van der Waals surface area contributed by atoms with Gasteiger partial charge in [-0.2, -0.15) is 0 Å². The molecule has 6 nitrogen and oxygen atoms in total. The van der Waals surface area contributed by atoms with Crippen molar-refractivity contribution in [2.75, 3.05) is 13.2 Å². The highest BCUT2D eigenvalue weighted by Gasteiger charge is 2.27. The molecule has 0 atom stereocenters. The van der Waals surface area contributed by atoms with Gasteiger partial charge in [0.1, 0.15) is 5.75 Å². The van der Waals surface area contributed by atoms with E-state index in [9.17, 15) is 14.7 Å². The Morgan fingerprint density at radius 2 is 1.90 bits per heavy atom. The highest BCUT2D eigenvalue weighted by Crippen LogP contribution is 2.37. The predicted molar refractivity (Wildman–Crippen MR) is 115 cm³/mol. The monoisotopic (exact) mass is 402 g/mol. The molecule has 1 aliphatic carbocycles. The molecule has 0 unspecified atom stereocenters. The van der Waals surface area contributed by atoms with Gasteiger partial charge in [-0.1, -0.05) is 30.3 Å². The average Bonchev–Trinajstić information content (AvgIpc) is 3.14. The summed E-state index contributed by atoms with van der Waals surface area (Å²) in [5.41, 5.74) is 4.80. The number of phenols is 1. The number of nitrogens with one attached hydrogen (secondary N) is 1. The van der Waals surface area contributed by atoms with Gasteiger partial charge in [0.05, 0.1) is 16.8 Å². The van der Waals surface area contributed by atoms with Crippen LogP contribution < -0.4 is 5.32 Å². The zero-order valence-corrected chi connectivity index (χ0v) is 16.6. The summed E-state index contributed by atoms with van der Waals surface area (Å²) in [7, 11) is 0. The molecule has 0 saturated carbocycles. The van der Waals surface area contributed by atoms with E-state index in [1.807, 2.05) is 49.4 Å². The van der Waals surface area contributed by atoms with Crippen molar-refractivity contribution < 1.29 is 19.4 Å². The number of hydrogen-bond donors (Lipinski definition) is 2. The Kier molecular flexibility index (Phi) is 5.48. The van der Waals surface area contributed by atoms with Crippen molar-refractivity contribution in [1.82, 2.24) is 10.3 Å². The summed E-state index contributed by atoms with van der Waals surface area (Å²) < 4.78 is 5.32. The number of ether oxygens (including phenoxy) is 1. The summed E-state index contributed by atoms with van der Waals surface area (Å²) in [6.45, 7) is 1.98. The summed E-state index contributed by atoms with van der Waals surface area (Å²) in [6.07, 6.45) is 3.44. The largest absolute Gasteiger partial charge is 0.508 e. The Balaban J connectivity index is 1.75. The third-order valence-electron chi connectivity index (χ3n) is 5.09. The first-order valence-electron chi connectivity index (χ1n) is 9.92. The van der Waals surface area contributed by atoms with Gasteiger partial charge in [0.15, 0.2) is 6.61 Å². The number of carbonyl (C=O) groups is 2. The first kappa shape index (κ1) is 19.6. The minimum absolute atomic E-state index is 0.213. The zero-order valence-electron chi connectivity index (χ0n) is 16.6. The van der Waals surface area contributed by atoms with Crippen LogP contribution in [0.2, 0.25) is 0 Å². The third-order valence-corrected chi connectivity index (χ3v) is 5.09. The number of esters is 1. The number of nitrogens with zero attached hydrogens (tertiary/aromatic N) is 1. The quantitative estimate of drug-likeness (QED) is 0.635. The molecular formula is C24H22N2O4. The molecule has 152 valence electrons. The van der Waals surface area contributed by atoms with Crippen LogP contribution in [0, 0.1) is 0 Å². The van der Waals surface area contributed by atoms with Crippen molar-refractivity contribution in [1.29, 1.82) is 0 Å². The highest BCUT2D eigenvalue weighted by molar-refractivity contribution is 6.07. The Bertz CT molecular complexity index is 1150. The molecule has 1 heterocycles. The second-order valence-corrected chi connectivity index (χ2v) is 7.12. The molecule has 1 aromatic heterocycles. The maximum Gasteiger partial charge on any atom is 0.339 e. The number of carbonyl (C=O) groups excluding carboxylic acids is 2. The van der Waals surface area contributed by atoms with Gasteiger partial charge in [-0.15, -0.1) is 0 Å². The van der Waals surface area contributed by atoms with E-state index in [2.05, 4.69) is 5.32 Å². The summed E-state index contributed by atoms with van der Waals surface area (Å²) in [5, 5.41) is 12.9. The van der Waals surface area contributed by atoms with Crippen LogP contribution in [0.15, 0.2) is 48.5 Å². The van der Waals surface area contributed by atoms with E-state index in [1.54, 1.807) is 12.1 Å². The van der Waals surface area contributed by atoms with Gasteiger partial charge >= 0.3 is 5.97 Å². The van der Waals surface area contributed by atoms with Gasteiger partial charge in [0, 0.05) is 11.9 Å². The van der Waals surface area contributed by atoms with Crippen molar-refractivity contribution in [3.05, 3.63) is 70.9 Å². The first-order valence-corrected chi connectivity index (χ1v) is 9.92. The van der Waals surface area contributed by atoms with E-state index in [-0.39, 0.29) is 18.3 Å². The Hall–Kier alpha value is -3.67. The molecule has 0 aliphatic heterocycles. The number of pyridine rings is 1. The number of benzene rings is 2. The van der Waals surface area contributed by atoms with Gasteiger partial charge in [0.25, 0.3) is 5.91 Å². The van der Waals surface area contributed by atoms with E-state index in [0.29, 0.717) is 24.0 Å². The van der Waals surface area contributed by atoms with E-state index < -0.39 is 5.97 Å². The molecule has 4 rings (SSSR count). The maximum atomic E-state index is 13.0. The lowest BCUT2D eigenvalue weighted by molar-refractivity contribution is -0.124. The van der Waals surface area contributed by atoms with Crippen molar-refractivity contribution in [2.24, 2.45) is 0 Å². The van der Waals surface area contributed by atoms with Crippen LogP contribution in [0.3, 0.4) is 0 Å². The minimum Gasteiger partial charge on any atom is -0.508 e. The number of phenolic OH excluding ortho intramolecular Hbond substituents is 1. The number of aromatic hydroxyl groups is 1.